The zero-order valence-corrected chi connectivity index (χ0v) is 31.9. The van der Waals surface area contributed by atoms with E-state index in [1.165, 1.54) is 11.5 Å². The van der Waals surface area contributed by atoms with E-state index in [9.17, 15) is 28.9 Å². The summed E-state index contributed by atoms with van der Waals surface area (Å²) in [5.41, 5.74) is 3.26. The molecule has 0 bridgehead atoms. The molecule has 1 aliphatic heterocycles. The van der Waals surface area contributed by atoms with Crippen molar-refractivity contribution in [2.75, 3.05) is 31.6 Å². The number of pyridine rings is 1. The van der Waals surface area contributed by atoms with Crippen LogP contribution in [0.3, 0.4) is 0 Å². The van der Waals surface area contributed by atoms with Gasteiger partial charge in [0.2, 0.25) is 0 Å². The summed E-state index contributed by atoms with van der Waals surface area (Å²) < 4.78 is 40.5. The molecule has 0 radical (unpaired) electrons. The van der Waals surface area contributed by atoms with Gasteiger partial charge in [0.1, 0.15) is 11.5 Å². The van der Waals surface area contributed by atoms with Crippen LogP contribution in [0.15, 0.2) is 109 Å². The van der Waals surface area contributed by atoms with Gasteiger partial charge in [0.05, 0.1) is 24.7 Å². The van der Waals surface area contributed by atoms with E-state index in [1.807, 2.05) is 43.6 Å². The van der Waals surface area contributed by atoms with Crippen LogP contribution < -0.4 is 14.8 Å². The van der Waals surface area contributed by atoms with Gasteiger partial charge in [0.25, 0.3) is 5.92 Å². The van der Waals surface area contributed by atoms with E-state index in [-0.39, 0.29) is 13.0 Å². The largest absolute Gasteiger partial charge is 0.493 e. The molecular formula is C45H53F2N3O6. The first-order valence-electron chi connectivity index (χ1n) is 19.6. The van der Waals surface area contributed by atoms with Crippen LogP contribution in [0, 0.1) is 24.7 Å². The van der Waals surface area contributed by atoms with Crippen LogP contribution in [0.1, 0.15) is 49.7 Å². The molecule has 2 aliphatic rings. The maximum atomic E-state index is 14.6. The van der Waals surface area contributed by atoms with Gasteiger partial charge in [0, 0.05) is 66.9 Å². The molecule has 0 spiro atoms. The van der Waals surface area contributed by atoms with Gasteiger partial charge < -0.3 is 30.1 Å². The van der Waals surface area contributed by atoms with Crippen LogP contribution in [0.25, 0.3) is 10.8 Å². The van der Waals surface area contributed by atoms with Crippen molar-refractivity contribution >= 4 is 22.4 Å². The van der Waals surface area contributed by atoms with E-state index in [0.717, 1.165) is 60.1 Å². The quantitative estimate of drug-likeness (QED) is 0.0702. The van der Waals surface area contributed by atoms with Crippen molar-refractivity contribution in [2.45, 2.75) is 76.2 Å². The highest BCUT2D eigenvalue weighted by molar-refractivity contribution is 5.93. The smallest absolute Gasteiger partial charge is 0.306 e. The maximum Gasteiger partial charge on any atom is 0.306 e. The molecule has 1 saturated carbocycles. The van der Waals surface area contributed by atoms with Gasteiger partial charge in [-0.1, -0.05) is 60.7 Å². The van der Waals surface area contributed by atoms with E-state index in [2.05, 4.69) is 45.5 Å². The number of nitrogens with zero attached hydrogens (tertiary/aromatic N) is 2. The molecule has 0 amide bonds. The normalized spacial score (nSPS) is 22.3. The first kappa shape index (κ1) is 40.8. The standard InChI is InChI=1S/C45H53F2N3O6/c1-31-15-16-32(28-50-23-19-35(29-50)49-40-14-8-10-34-27-48-22-18-37(34)40)25-43(31)55-24-20-33(44(53)54)9-4-2-7-13-38-39(42(52)26-41(38)51)17-21-45(46,47)30-56-36-11-5-3-6-12-36/h2-3,5-8,10-12,14-18,21-22,25,27,33,35,38-39,41-42,49,51-52H,4,9,13,19-20,23-24,26,28-30H2,1H3,(H,53,54)/t33?,35-,38-,39-,41+,42-/m1/s1. The fourth-order valence-electron chi connectivity index (χ4n) is 7.79. The molecule has 298 valence electrons. The minimum absolute atomic E-state index is 0.101. The van der Waals surface area contributed by atoms with Gasteiger partial charge in [-0.2, -0.15) is 8.78 Å². The van der Waals surface area contributed by atoms with E-state index < -0.39 is 48.5 Å². The zero-order valence-electron chi connectivity index (χ0n) is 31.9. The fourth-order valence-corrected chi connectivity index (χ4v) is 7.79. The monoisotopic (exact) mass is 769 g/mol. The van der Waals surface area contributed by atoms with Crippen LogP contribution in [0.2, 0.25) is 0 Å². The molecule has 1 aromatic heterocycles. The molecule has 4 aromatic rings. The topological polar surface area (TPSA) is 124 Å². The Balaban J connectivity index is 0.933. The van der Waals surface area contributed by atoms with Crippen LogP contribution in [-0.2, 0) is 11.3 Å². The first-order valence-corrected chi connectivity index (χ1v) is 19.6. The number of nitrogens with one attached hydrogen (secondary N) is 1. The average Bonchev–Trinajstić information content (AvgIpc) is 3.74. The summed E-state index contributed by atoms with van der Waals surface area (Å²) in [5, 5.41) is 37.0. The number of aliphatic carboxylic acids is 1. The number of aryl methyl sites for hydroxylation is 1. The number of aliphatic hydroxyl groups is 2. The van der Waals surface area contributed by atoms with Gasteiger partial charge in [-0.15, -0.1) is 0 Å². The second kappa shape index (κ2) is 19.3. The summed E-state index contributed by atoms with van der Waals surface area (Å²) in [6.45, 7) is 4.11. The Bertz CT molecular complexity index is 1940. The number of carboxylic acids is 1. The molecule has 3 aromatic carbocycles. The van der Waals surface area contributed by atoms with E-state index in [4.69, 9.17) is 9.47 Å². The van der Waals surface area contributed by atoms with Crippen LogP contribution in [0.5, 0.6) is 11.5 Å². The lowest BCUT2D eigenvalue weighted by Crippen LogP contribution is -2.26. The number of alkyl halides is 2. The predicted molar refractivity (Wildman–Crippen MR) is 214 cm³/mol. The van der Waals surface area contributed by atoms with Crippen LogP contribution in [-0.4, -0.2) is 81.6 Å². The number of halogens is 2. The van der Waals surface area contributed by atoms with Gasteiger partial charge in [-0.3, -0.25) is 14.7 Å². The van der Waals surface area contributed by atoms with Crippen LogP contribution >= 0.6 is 0 Å². The number of fused-ring (bicyclic) bond motifs is 1. The van der Waals surface area contributed by atoms with Crippen molar-refractivity contribution in [3.63, 3.8) is 0 Å². The Labute approximate surface area is 327 Å². The third-order valence-electron chi connectivity index (χ3n) is 11.0. The average molecular weight is 770 g/mol. The second-order valence-electron chi connectivity index (χ2n) is 15.2. The Morgan fingerprint density at radius 3 is 2.70 bits per heavy atom. The fraction of sp³-hybridized carbons (Fsp3) is 0.422. The number of likely N-dealkylation sites (tertiary alicyclic amines) is 1. The van der Waals surface area contributed by atoms with Crippen molar-refractivity contribution in [1.29, 1.82) is 0 Å². The van der Waals surface area contributed by atoms with Gasteiger partial charge >= 0.3 is 5.97 Å². The third-order valence-corrected chi connectivity index (χ3v) is 11.0. The summed E-state index contributed by atoms with van der Waals surface area (Å²) in [6.07, 6.45) is 10.4. The number of carbonyl (C=O) groups is 1. The highest BCUT2D eigenvalue weighted by atomic mass is 19.3. The number of ether oxygens (including phenoxy) is 2. The van der Waals surface area contributed by atoms with Crippen molar-refractivity contribution in [3.05, 3.63) is 121 Å². The molecule has 4 N–H and O–H groups in total. The second-order valence-corrected chi connectivity index (χ2v) is 15.2. The number of benzene rings is 3. The van der Waals surface area contributed by atoms with Crippen LogP contribution in [0.4, 0.5) is 14.5 Å². The van der Waals surface area contributed by atoms with Crippen molar-refractivity contribution in [2.24, 2.45) is 17.8 Å². The van der Waals surface area contributed by atoms with Gasteiger partial charge in [0.15, 0.2) is 6.61 Å². The number of hydrogen-bond acceptors (Lipinski definition) is 8. The molecule has 2 heterocycles. The molecule has 6 rings (SSSR count). The summed E-state index contributed by atoms with van der Waals surface area (Å²) in [5.74, 6) is -4.74. The lowest BCUT2D eigenvalue weighted by Gasteiger charge is -2.20. The van der Waals surface area contributed by atoms with E-state index >= 15 is 0 Å². The number of carboxylic acid groups (broad SMARTS) is 1. The number of aromatic nitrogens is 1. The number of aliphatic hydroxyl groups excluding tert-OH is 2. The zero-order chi connectivity index (χ0) is 39.5. The van der Waals surface area contributed by atoms with E-state index in [1.54, 1.807) is 30.3 Å². The number of anilines is 1. The Morgan fingerprint density at radius 2 is 1.88 bits per heavy atom. The maximum absolute atomic E-state index is 14.6. The Kier molecular flexibility index (Phi) is 14.1. The predicted octanol–water partition coefficient (Wildman–Crippen LogP) is 8.05. The molecule has 1 saturated heterocycles. The Hall–Kier alpha value is -4.84. The summed E-state index contributed by atoms with van der Waals surface area (Å²) >= 11 is 0. The van der Waals surface area contributed by atoms with Gasteiger partial charge in [-0.25, -0.2) is 0 Å². The SMILES string of the molecule is Cc1ccc(CN2CC[C@@H](Nc3cccc4cnccc34)C2)cc1OCCC(CCC=CC[C@@H]1[C@@H](C=CC(F)(F)COc2ccccc2)[C@H](O)C[C@@H]1O)C(=O)O. The van der Waals surface area contributed by atoms with Crippen molar-refractivity contribution in [1.82, 2.24) is 9.88 Å². The minimum atomic E-state index is -3.26. The Morgan fingerprint density at radius 1 is 1.04 bits per heavy atom. The third kappa shape index (κ3) is 11.4. The first-order chi connectivity index (χ1) is 27.0. The highest BCUT2D eigenvalue weighted by Gasteiger charge is 2.40. The highest BCUT2D eigenvalue weighted by Crippen LogP contribution is 2.37. The lowest BCUT2D eigenvalue weighted by atomic mass is 9.89. The molecule has 9 nitrogen and oxygen atoms in total. The molecule has 11 heteroatoms. The molecule has 56 heavy (non-hydrogen) atoms. The summed E-state index contributed by atoms with van der Waals surface area (Å²) in [4.78, 5) is 18.8. The molecule has 1 unspecified atom stereocenters. The molecule has 2 fully saturated rings. The van der Waals surface area contributed by atoms with Gasteiger partial charge in [-0.05, 0) is 92.5 Å². The lowest BCUT2D eigenvalue weighted by molar-refractivity contribution is -0.142. The number of rotatable bonds is 19. The van der Waals surface area contributed by atoms with E-state index in [0.29, 0.717) is 37.5 Å². The number of allylic oxidation sites excluding steroid dienone is 2. The summed E-state index contributed by atoms with van der Waals surface area (Å²) in [6, 6.07) is 23.2. The molecule has 1 aliphatic carbocycles. The molecular weight excluding hydrogens is 717 g/mol. The van der Waals surface area contributed by atoms with Crippen molar-refractivity contribution in [3.8, 4) is 11.5 Å². The number of hydrogen-bond donors (Lipinski definition) is 4. The molecule has 6 atom stereocenters. The number of para-hydroxylation sites is 1. The summed E-state index contributed by atoms with van der Waals surface area (Å²) in [7, 11) is 0. The van der Waals surface area contributed by atoms with Crippen molar-refractivity contribution < 1.29 is 38.4 Å². The minimum Gasteiger partial charge on any atom is -0.493 e.